The number of nitrogens with zero attached hydrogens (tertiary/aromatic N) is 3. The maximum Gasteiger partial charge on any atom is 0.573 e. The van der Waals surface area contributed by atoms with Crippen LogP contribution in [0.15, 0.2) is 18.2 Å². The predicted molar refractivity (Wildman–Crippen MR) is 165 cm³/mol. The number of ketones is 1. The number of fused-ring (bicyclic) bond motifs is 7. The lowest BCUT2D eigenvalue weighted by atomic mass is 9.85. The first-order chi connectivity index (χ1) is 22.1. The third kappa shape index (κ3) is 7.13. The molecule has 0 radical (unpaired) electrons. The maximum absolute atomic E-state index is 14.2. The monoisotopic (exact) mass is 660 g/mol. The van der Waals surface area contributed by atoms with Crippen LogP contribution in [0.5, 0.6) is 11.6 Å². The number of hydrogen-bond donors (Lipinski definition) is 1. The highest BCUT2D eigenvalue weighted by Crippen LogP contribution is 2.57. The summed E-state index contributed by atoms with van der Waals surface area (Å²) in [7, 11) is 0. The van der Waals surface area contributed by atoms with Gasteiger partial charge in [-0.1, -0.05) is 40.5 Å². The molecule has 47 heavy (non-hydrogen) atoms. The van der Waals surface area contributed by atoms with Crippen molar-refractivity contribution in [2.24, 2.45) is 29.1 Å². The molecule has 8 atom stereocenters. The van der Waals surface area contributed by atoms with Crippen LogP contribution in [-0.2, 0) is 20.7 Å². The molecule has 1 saturated heterocycles. The summed E-state index contributed by atoms with van der Waals surface area (Å²) in [5.41, 5.74) is 0.418. The molecule has 10 nitrogen and oxygen atoms in total. The van der Waals surface area contributed by atoms with Crippen molar-refractivity contribution < 1.29 is 41.8 Å². The van der Waals surface area contributed by atoms with Gasteiger partial charge in [0.25, 0.3) is 0 Å². The number of carbonyl (C=O) groups is 3. The zero-order valence-electron chi connectivity index (χ0n) is 27.4. The van der Waals surface area contributed by atoms with Crippen LogP contribution in [0.3, 0.4) is 0 Å². The smallest absolute Gasteiger partial charge is 0.471 e. The number of aromatic nitrogens is 2. The molecule has 6 rings (SSSR count). The molecule has 2 amide bonds. The summed E-state index contributed by atoms with van der Waals surface area (Å²) in [5, 5.41) is 2.85. The number of aryl methyl sites for hydroxylation is 1. The standard InChI is InChI=1S/C34H43F3N4O6/c1-17-27-16-41(28(17)18(2)42)31(43)29(33(3,4)5)40-32(44)46-26-14-19-13-22(19)21(26)9-7-6-8-10-24-30(45-27)39-25-15-20(47-34(35,36)37)11-12-23(25)38-24/h11-12,15,17,19,21-22,26-29H,6-10,13-14,16H2,1-5H3,(H,40,44)/t17-,19?,21-,22?,26-,27+,28+,29-/m1/s1. The van der Waals surface area contributed by atoms with Gasteiger partial charge in [0.05, 0.1) is 23.6 Å². The Hall–Kier alpha value is -3.64. The van der Waals surface area contributed by atoms with Crippen LogP contribution in [0.2, 0.25) is 0 Å². The summed E-state index contributed by atoms with van der Waals surface area (Å²) in [6.45, 7) is 8.81. The number of Topliss-reactive ketones (excluding diaryl/α,β-unsaturated/α-hetero) is 1. The van der Waals surface area contributed by atoms with Gasteiger partial charge in [-0.15, -0.1) is 13.2 Å². The highest BCUT2D eigenvalue weighted by atomic mass is 19.4. The van der Waals surface area contributed by atoms with Crippen molar-refractivity contribution in [3.63, 3.8) is 0 Å². The second-order valence-corrected chi connectivity index (χ2v) is 14.8. The third-order valence-corrected chi connectivity index (χ3v) is 10.3. The number of alkyl halides is 3. The van der Waals surface area contributed by atoms with Crippen molar-refractivity contribution in [2.45, 2.75) is 110 Å². The van der Waals surface area contributed by atoms with Gasteiger partial charge >= 0.3 is 12.5 Å². The Morgan fingerprint density at radius 3 is 2.47 bits per heavy atom. The zero-order chi connectivity index (χ0) is 33.8. The number of halogens is 3. The number of hydrogen-bond acceptors (Lipinski definition) is 8. The molecule has 13 heteroatoms. The van der Waals surface area contributed by atoms with E-state index in [1.807, 2.05) is 27.7 Å². The van der Waals surface area contributed by atoms with Gasteiger partial charge in [-0.25, -0.2) is 14.8 Å². The highest BCUT2D eigenvalue weighted by molar-refractivity contribution is 5.92. The molecule has 1 N–H and O–H groups in total. The van der Waals surface area contributed by atoms with Gasteiger partial charge in [0.2, 0.25) is 11.8 Å². The number of amides is 2. The number of nitrogens with one attached hydrogen (secondary N) is 1. The van der Waals surface area contributed by atoms with E-state index >= 15 is 0 Å². The summed E-state index contributed by atoms with van der Waals surface area (Å²) < 4.78 is 55.4. The van der Waals surface area contributed by atoms with Crippen molar-refractivity contribution in [1.29, 1.82) is 0 Å². The summed E-state index contributed by atoms with van der Waals surface area (Å²) >= 11 is 0. The first-order valence-electron chi connectivity index (χ1n) is 16.6. The minimum absolute atomic E-state index is 0.0397. The van der Waals surface area contributed by atoms with Crippen LogP contribution >= 0.6 is 0 Å². The first-order valence-corrected chi connectivity index (χ1v) is 16.6. The molecule has 2 bridgehead atoms. The topological polar surface area (TPSA) is 120 Å². The van der Waals surface area contributed by atoms with Crippen molar-refractivity contribution >= 4 is 28.8 Å². The number of ether oxygens (including phenoxy) is 3. The van der Waals surface area contributed by atoms with Crippen LogP contribution in [0.1, 0.15) is 78.8 Å². The largest absolute Gasteiger partial charge is 0.573 e. The van der Waals surface area contributed by atoms with Crippen molar-refractivity contribution in [3.05, 3.63) is 23.9 Å². The predicted octanol–water partition coefficient (Wildman–Crippen LogP) is 5.99. The number of benzene rings is 1. The average Bonchev–Trinajstić information content (AvgIpc) is 3.53. The van der Waals surface area contributed by atoms with Gasteiger partial charge in [-0.2, -0.15) is 0 Å². The van der Waals surface area contributed by atoms with Crippen LogP contribution in [0, 0.1) is 29.1 Å². The maximum atomic E-state index is 14.2. The van der Waals surface area contributed by atoms with E-state index in [1.54, 1.807) is 0 Å². The van der Waals surface area contributed by atoms with Crippen LogP contribution in [0.4, 0.5) is 18.0 Å². The molecule has 2 aromatic rings. The molecule has 2 aliphatic carbocycles. The molecule has 1 aromatic heterocycles. The minimum atomic E-state index is -4.87. The summed E-state index contributed by atoms with van der Waals surface area (Å²) in [4.78, 5) is 51.3. The SMILES string of the molecule is CC(=O)[C@@H]1[C@H](C)[C@@H]2CN1C(=O)[C@H](C(C)(C)C)NC(=O)O[C@@H]1CC3CC3[C@H]1CCCCCc1nc3ccc(OC(F)(F)F)cc3nc1O2. The van der Waals surface area contributed by atoms with Gasteiger partial charge in [-0.05, 0) is 74.3 Å². The van der Waals surface area contributed by atoms with E-state index < -0.39 is 53.6 Å². The van der Waals surface area contributed by atoms with E-state index in [0.29, 0.717) is 29.5 Å². The van der Waals surface area contributed by atoms with Gasteiger partial charge in [-0.3, -0.25) is 9.59 Å². The molecule has 256 valence electrons. The fourth-order valence-corrected chi connectivity index (χ4v) is 7.88. The van der Waals surface area contributed by atoms with E-state index in [4.69, 9.17) is 14.5 Å². The second kappa shape index (κ2) is 12.4. The molecular formula is C34H43F3N4O6. The number of carbonyl (C=O) groups excluding carboxylic acids is 3. The van der Waals surface area contributed by atoms with Gasteiger partial charge in [0.1, 0.15) is 29.7 Å². The summed E-state index contributed by atoms with van der Waals surface area (Å²) in [5.74, 6) is 0.0105. The van der Waals surface area contributed by atoms with Crippen LogP contribution in [-0.4, -0.2) is 69.9 Å². The summed E-state index contributed by atoms with van der Waals surface area (Å²) in [6, 6.07) is 2.01. The zero-order valence-corrected chi connectivity index (χ0v) is 27.4. The average molecular weight is 661 g/mol. The van der Waals surface area contributed by atoms with E-state index in [1.165, 1.54) is 30.0 Å². The third-order valence-electron chi connectivity index (χ3n) is 10.3. The fourth-order valence-electron chi connectivity index (χ4n) is 7.88. The Morgan fingerprint density at radius 2 is 1.77 bits per heavy atom. The Kier molecular flexibility index (Phi) is 8.80. The van der Waals surface area contributed by atoms with Gasteiger partial charge < -0.3 is 24.4 Å². The number of rotatable bonds is 2. The Balaban J connectivity index is 1.36. The number of alkyl carbamates (subject to hydrolysis) is 1. The normalized spacial score (nSPS) is 31.8. The Bertz CT molecular complexity index is 1540. The molecule has 2 unspecified atom stereocenters. The van der Waals surface area contributed by atoms with Crippen molar-refractivity contribution in [1.82, 2.24) is 20.2 Å². The first kappa shape index (κ1) is 33.3. The lowest BCUT2D eigenvalue weighted by Crippen LogP contribution is -2.57. The van der Waals surface area contributed by atoms with E-state index in [9.17, 15) is 27.6 Å². The minimum Gasteiger partial charge on any atom is -0.471 e. The van der Waals surface area contributed by atoms with Gasteiger partial charge in [0.15, 0.2) is 5.78 Å². The molecule has 2 saturated carbocycles. The quantitative estimate of drug-likeness (QED) is 0.417. The van der Waals surface area contributed by atoms with Gasteiger partial charge in [0, 0.05) is 12.0 Å². The molecular weight excluding hydrogens is 617 g/mol. The molecule has 4 aliphatic rings. The second-order valence-electron chi connectivity index (χ2n) is 14.8. The molecule has 2 aliphatic heterocycles. The van der Waals surface area contributed by atoms with Crippen molar-refractivity contribution in [2.75, 3.05) is 6.54 Å². The highest BCUT2D eigenvalue weighted by Gasteiger charge is 2.55. The van der Waals surface area contributed by atoms with E-state index in [-0.39, 0.29) is 35.7 Å². The fraction of sp³-hybridized carbons (Fsp3) is 0.676. The van der Waals surface area contributed by atoms with E-state index in [2.05, 4.69) is 15.0 Å². The molecule has 3 fully saturated rings. The van der Waals surface area contributed by atoms with E-state index in [0.717, 1.165) is 38.5 Å². The lowest BCUT2D eigenvalue weighted by molar-refractivity contribution is -0.274. The summed E-state index contributed by atoms with van der Waals surface area (Å²) in [6.07, 6.45) is -0.352. The van der Waals surface area contributed by atoms with Crippen LogP contribution in [0.25, 0.3) is 11.0 Å². The molecule has 0 spiro atoms. The van der Waals surface area contributed by atoms with Crippen LogP contribution < -0.4 is 14.8 Å². The van der Waals surface area contributed by atoms with Crippen molar-refractivity contribution in [3.8, 4) is 11.6 Å². The Morgan fingerprint density at radius 1 is 1.00 bits per heavy atom. The molecule has 3 heterocycles. The lowest BCUT2D eigenvalue weighted by Gasteiger charge is -2.35. The molecule has 1 aromatic carbocycles. The Labute approximate surface area is 272 Å².